The van der Waals surface area contributed by atoms with Crippen molar-refractivity contribution in [3.63, 3.8) is 0 Å². The lowest BCUT2D eigenvalue weighted by molar-refractivity contribution is -0.117. The van der Waals surface area contributed by atoms with E-state index in [1.165, 1.54) is 0 Å². The molecule has 0 bridgehead atoms. The zero-order chi connectivity index (χ0) is 21.0. The maximum absolute atomic E-state index is 12.4. The van der Waals surface area contributed by atoms with E-state index in [1.54, 1.807) is 19.9 Å². The van der Waals surface area contributed by atoms with Crippen LogP contribution < -0.4 is 10.2 Å². The second-order valence-corrected chi connectivity index (χ2v) is 8.38. The molecule has 1 fully saturated rings. The van der Waals surface area contributed by atoms with Gasteiger partial charge in [0.05, 0.1) is 28.9 Å². The molecule has 1 aliphatic rings. The molecule has 0 spiro atoms. The summed E-state index contributed by atoms with van der Waals surface area (Å²) < 4.78 is 5.00. The van der Waals surface area contributed by atoms with E-state index in [1.807, 2.05) is 12.1 Å². The van der Waals surface area contributed by atoms with Gasteiger partial charge in [-0.05, 0) is 32.0 Å². The maximum Gasteiger partial charge on any atom is 0.350 e. The predicted octanol–water partition coefficient (Wildman–Crippen LogP) is 3.70. The van der Waals surface area contributed by atoms with E-state index in [0.717, 1.165) is 43.2 Å². The second kappa shape index (κ2) is 9.75. The predicted molar refractivity (Wildman–Crippen MR) is 117 cm³/mol. The Balaban J connectivity index is 1.50. The van der Waals surface area contributed by atoms with Crippen molar-refractivity contribution in [2.24, 2.45) is 0 Å². The fraction of sp³-hybridized carbons (Fsp3) is 0.421. The maximum atomic E-state index is 12.4. The summed E-state index contributed by atoms with van der Waals surface area (Å²) in [6.07, 6.45) is 0. The number of aromatic nitrogens is 1. The molecule has 3 rings (SSSR count). The SMILES string of the molecule is CCOC(=O)c1sc(NC(=O)CN2CCN(c3ccc(Cl)c(Cl)c3)CC2)nc1C. The zero-order valence-electron chi connectivity index (χ0n) is 16.2. The highest BCUT2D eigenvalue weighted by molar-refractivity contribution is 7.17. The Morgan fingerprint density at radius 3 is 2.59 bits per heavy atom. The summed E-state index contributed by atoms with van der Waals surface area (Å²) in [6.45, 7) is 7.11. The minimum Gasteiger partial charge on any atom is -0.462 e. The van der Waals surface area contributed by atoms with Gasteiger partial charge in [0, 0.05) is 31.9 Å². The molecule has 1 saturated heterocycles. The molecule has 0 radical (unpaired) electrons. The quantitative estimate of drug-likeness (QED) is 0.667. The van der Waals surface area contributed by atoms with Gasteiger partial charge in [-0.15, -0.1) is 0 Å². The first-order chi connectivity index (χ1) is 13.9. The number of carbonyl (C=O) groups is 2. The van der Waals surface area contributed by atoms with Crippen molar-refractivity contribution in [2.45, 2.75) is 13.8 Å². The molecule has 2 heterocycles. The van der Waals surface area contributed by atoms with E-state index in [4.69, 9.17) is 27.9 Å². The van der Waals surface area contributed by atoms with Gasteiger partial charge in [0.15, 0.2) is 5.13 Å². The molecular formula is C19H22Cl2N4O3S. The largest absolute Gasteiger partial charge is 0.462 e. The first-order valence-electron chi connectivity index (χ1n) is 9.24. The molecule has 1 aromatic carbocycles. The topological polar surface area (TPSA) is 74.8 Å². The van der Waals surface area contributed by atoms with Gasteiger partial charge in [-0.3, -0.25) is 9.69 Å². The summed E-state index contributed by atoms with van der Waals surface area (Å²) >= 11 is 13.2. The Hall–Kier alpha value is -1.87. The Kier molecular flexibility index (Phi) is 7.34. The molecule has 0 saturated carbocycles. The monoisotopic (exact) mass is 456 g/mol. The van der Waals surface area contributed by atoms with Gasteiger partial charge in [-0.1, -0.05) is 34.5 Å². The van der Waals surface area contributed by atoms with Gasteiger partial charge in [-0.2, -0.15) is 0 Å². The number of benzene rings is 1. The first kappa shape index (κ1) is 21.8. The minimum atomic E-state index is -0.415. The highest BCUT2D eigenvalue weighted by Crippen LogP contribution is 2.28. The van der Waals surface area contributed by atoms with Crippen LogP contribution in [-0.4, -0.2) is 61.1 Å². The van der Waals surface area contributed by atoms with Gasteiger partial charge in [0.25, 0.3) is 0 Å². The lowest BCUT2D eigenvalue weighted by atomic mass is 10.2. The van der Waals surface area contributed by atoms with Crippen LogP contribution in [-0.2, 0) is 9.53 Å². The third-order valence-electron chi connectivity index (χ3n) is 4.51. The molecule has 156 valence electrons. The summed E-state index contributed by atoms with van der Waals surface area (Å²) in [5.41, 5.74) is 1.58. The van der Waals surface area contributed by atoms with Crippen LogP contribution in [0.15, 0.2) is 18.2 Å². The number of thiazole rings is 1. The third-order valence-corrected chi connectivity index (χ3v) is 6.30. The van der Waals surface area contributed by atoms with E-state index < -0.39 is 5.97 Å². The number of ether oxygens (including phenoxy) is 1. The van der Waals surface area contributed by atoms with Crippen molar-refractivity contribution in [1.82, 2.24) is 9.88 Å². The normalized spacial score (nSPS) is 14.7. The van der Waals surface area contributed by atoms with Crippen molar-refractivity contribution in [1.29, 1.82) is 0 Å². The molecule has 1 aromatic heterocycles. The second-order valence-electron chi connectivity index (χ2n) is 6.56. The van der Waals surface area contributed by atoms with Crippen molar-refractivity contribution < 1.29 is 14.3 Å². The van der Waals surface area contributed by atoms with Crippen LogP contribution in [0, 0.1) is 6.92 Å². The number of amides is 1. The van der Waals surface area contributed by atoms with Crippen molar-refractivity contribution >= 4 is 57.2 Å². The molecule has 1 amide bonds. The number of anilines is 2. The molecule has 1 aliphatic heterocycles. The molecule has 29 heavy (non-hydrogen) atoms. The lowest BCUT2D eigenvalue weighted by Gasteiger charge is -2.35. The average Bonchev–Trinajstić information content (AvgIpc) is 3.05. The summed E-state index contributed by atoms with van der Waals surface area (Å²) in [5, 5.41) is 4.26. The van der Waals surface area contributed by atoms with Gasteiger partial charge < -0.3 is 15.0 Å². The number of hydrogen-bond donors (Lipinski definition) is 1. The van der Waals surface area contributed by atoms with Crippen LogP contribution in [0.3, 0.4) is 0 Å². The summed E-state index contributed by atoms with van der Waals surface area (Å²) in [7, 11) is 0. The van der Waals surface area contributed by atoms with E-state index >= 15 is 0 Å². The third kappa shape index (κ3) is 5.60. The first-order valence-corrected chi connectivity index (χ1v) is 10.8. The smallest absolute Gasteiger partial charge is 0.350 e. The summed E-state index contributed by atoms with van der Waals surface area (Å²) in [5.74, 6) is -0.571. The van der Waals surface area contributed by atoms with Gasteiger partial charge in [0.1, 0.15) is 4.88 Å². The molecule has 0 atom stereocenters. The Labute approximate surface area is 183 Å². The van der Waals surface area contributed by atoms with Gasteiger partial charge in [0.2, 0.25) is 5.91 Å². The number of piperazine rings is 1. The highest BCUT2D eigenvalue weighted by Gasteiger charge is 2.21. The number of carbonyl (C=O) groups excluding carboxylic acids is 2. The van der Waals surface area contributed by atoms with E-state index in [2.05, 4.69) is 20.1 Å². The fourth-order valence-corrected chi connectivity index (χ4v) is 4.21. The zero-order valence-corrected chi connectivity index (χ0v) is 18.5. The number of halogens is 2. The van der Waals surface area contributed by atoms with Crippen molar-refractivity contribution in [3.8, 4) is 0 Å². The Morgan fingerprint density at radius 2 is 1.93 bits per heavy atom. The van der Waals surface area contributed by atoms with E-state index in [9.17, 15) is 9.59 Å². The minimum absolute atomic E-state index is 0.155. The number of rotatable bonds is 6. The summed E-state index contributed by atoms with van der Waals surface area (Å²) in [6, 6.07) is 5.60. The number of aryl methyl sites for hydroxylation is 1. The van der Waals surface area contributed by atoms with Gasteiger partial charge >= 0.3 is 5.97 Å². The Morgan fingerprint density at radius 1 is 1.21 bits per heavy atom. The number of nitrogens with one attached hydrogen (secondary N) is 1. The standard InChI is InChI=1S/C19H22Cl2N4O3S/c1-3-28-18(27)17-12(2)22-19(29-17)23-16(26)11-24-6-8-25(9-7-24)13-4-5-14(20)15(21)10-13/h4-5,10H,3,6-9,11H2,1-2H3,(H,22,23,26). The van der Waals surface area contributed by atoms with Crippen molar-refractivity contribution in [3.05, 3.63) is 38.8 Å². The van der Waals surface area contributed by atoms with Crippen LogP contribution in [0.4, 0.5) is 10.8 Å². The lowest BCUT2D eigenvalue weighted by Crippen LogP contribution is -2.48. The number of nitrogens with zero attached hydrogens (tertiary/aromatic N) is 3. The molecule has 2 aromatic rings. The molecule has 10 heteroatoms. The van der Waals surface area contributed by atoms with Crippen LogP contribution >= 0.6 is 34.5 Å². The van der Waals surface area contributed by atoms with Crippen LogP contribution in [0.2, 0.25) is 10.0 Å². The van der Waals surface area contributed by atoms with Crippen LogP contribution in [0.5, 0.6) is 0 Å². The number of hydrogen-bond acceptors (Lipinski definition) is 7. The molecule has 0 aliphatic carbocycles. The van der Waals surface area contributed by atoms with E-state index in [-0.39, 0.29) is 12.5 Å². The van der Waals surface area contributed by atoms with Gasteiger partial charge in [-0.25, -0.2) is 9.78 Å². The molecular weight excluding hydrogens is 435 g/mol. The van der Waals surface area contributed by atoms with Crippen molar-refractivity contribution in [2.75, 3.05) is 49.5 Å². The average molecular weight is 457 g/mol. The number of esters is 1. The molecule has 1 N–H and O–H groups in total. The Bertz CT molecular complexity index is 898. The summed E-state index contributed by atoms with van der Waals surface area (Å²) in [4.78, 5) is 33.2. The molecule has 0 unspecified atom stereocenters. The fourth-order valence-electron chi connectivity index (χ4n) is 3.04. The van der Waals surface area contributed by atoms with Crippen LogP contribution in [0.1, 0.15) is 22.3 Å². The van der Waals surface area contributed by atoms with E-state index in [0.29, 0.717) is 32.4 Å². The van der Waals surface area contributed by atoms with Crippen LogP contribution in [0.25, 0.3) is 0 Å². The highest BCUT2D eigenvalue weighted by atomic mass is 35.5. The molecule has 7 nitrogen and oxygen atoms in total.